The highest BCUT2D eigenvalue weighted by atomic mass is 35.5. The molecule has 0 unspecified atom stereocenters. The number of aliphatic hydroxyl groups is 1. The van der Waals surface area contributed by atoms with Crippen LogP contribution in [0.1, 0.15) is 29.2 Å². The largest absolute Gasteiger partial charge is 0.396 e. The van der Waals surface area contributed by atoms with Gasteiger partial charge in [-0.05, 0) is 35.2 Å². The molecular weight excluding hydrogens is 344 g/mol. The van der Waals surface area contributed by atoms with Crippen molar-refractivity contribution in [3.05, 3.63) is 101 Å². The van der Waals surface area contributed by atoms with Crippen LogP contribution in [0.2, 0.25) is 5.15 Å². The molecule has 3 rings (SSSR count). The Morgan fingerprint density at radius 1 is 0.923 bits per heavy atom. The molecule has 0 bridgehead atoms. The van der Waals surface area contributed by atoms with E-state index in [0.717, 1.165) is 25.1 Å². The second-order valence-corrected chi connectivity index (χ2v) is 6.65. The number of aromatic nitrogens is 1. The second-order valence-electron chi connectivity index (χ2n) is 6.26. The number of halogens is 1. The Labute approximate surface area is 159 Å². The van der Waals surface area contributed by atoms with Crippen molar-refractivity contribution in [2.45, 2.75) is 19.0 Å². The van der Waals surface area contributed by atoms with E-state index >= 15 is 0 Å². The zero-order valence-electron chi connectivity index (χ0n) is 14.6. The van der Waals surface area contributed by atoms with Gasteiger partial charge in [-0.25, -0.2) is 4.98 Å². The van der Waals surface area contributed by atoms with Crippen molar-refractivity contribution in [2.75, 3.05) is 13.2 Å². The lowest BCUT2D eigenvalue weighted by Gasteiger charge is -2.32. The lowest BCUT2D eigenvalue weighted by atomic mass is 9.96. The smallest absolute Gasteiger partial charge is 0.129 e. The average molecular weight is 367 g/mol. The van der Waals surface area contributed by atoms with Gasteiger partial charge in [0.05, 0.1) is 6.04 Å². The number of rotatable bonds is 8. The molecule has 2 aromatic carbocycles. The zero-order chi connectivity index (χ0) is 18.2. The maximum absolute atomic E-state index is 9.39. The molecule has 0 aliphatic rings. The van der Waals surface area contributed by atoms with Crippen LogP contribution in [0, 0.1) is 0 Å². The highest BCUT2D eigenvalue weighted by Gasteiger charge is 2.22. The number of pyridine rings is 1. The van der Waals surface area contributed by atoms with Crippen molar-refractivity contribution in [1.82, 2.24) is 9.88 Å². The Hall–Kier alpha value is -2.20. The summed E-state index contributed by atoms with van der Waals surface area (Å²) in [5, 5.41) is 9.89. The fourth-order valence-electron chi connectivity index (χ4n) is 3.23. The van der Waals surface area contributed by atoms with Crippen molar-refractivity contribution < 1.29 is 5.11 Å². The van der Waals surface area contributed by atoms with E-state index in [9.17, 15) is 5.11 Å². The first-order valence-electron chi connectivity index (χ1n) is 8.83. The van der Waals surface area contributed by atoms with Gasteiger partial charge in [-0.3, -0.25) is 4.90 Å². The minimum Gasteiger partial charge on any atom is -0.396 e. The van der Waals surface area contributed by atoms with Gasteiger partial charge in [-0.15, -0.1) is 0 Å². The lowest BCUT2D eigenvalue weighted by Crippen LogP contribution is -2.31. The summed E-state index contributed by atoms with van der Waals surface area (Å²) in [6.45, 7) is 1.69. The van der Waals surface area contributed by atoms with E-state index in [1.54, 1.807) is 6.20 Å². The summed E-state index contributed by atoms with van der Waals surface area (Å²) in [7, 11) is 0. The molecule has 0 saturated heterocycles. The van der Waals surface area contributed by atoms with Crippen LogP contribution in [0.4, 0.5) is 0 Å². The average Bonchev–Trinajstić information content (AvgIpc) is 2.68. The van der Waals surface area contributed by atoms with Gasteiger partial charge in [0.25, 0.3) is 0 Å². The monoisotopic (exact) mass is 366 g/mol. The molecule has 0 fully saturated rings. The summed E-state index contributed by atoms with van der Waals surface area (Å²) in [4.78, 5) is 6.46. The van der Waals surface area contributed by atoms with E-state index in [1.807, 2.05) is 24.3 Å². The Morgan fingerprint density at radius 2 is 1.54 bits per heavy atom. The van der Waals surface area contributed by atoms with E-state index in [2.05, 4.69) is 58.4 Å². The van der Waals surface area contributed by atoms with E-state index in [4.69, 9.17) is 11.6 Å². The quantitative estimate of drug-likeness (QED) is 0.586. The van der Waals surface area contributed by atoms with Crippen molar-refractivity contribution in [3.63, 3.8) is 0 Å². The predicted octanol–water partition coefficient (Wildman–Crippen LogP) is 4.71. The molecule has 3 nitrogen and oxygen atoms in total. The van der Waals surface area contributed by atoms with Crippen LogP contribution >= 0.6 is 11.6 Å². The van der Waals surface area contributed by atoms with Crippen LogP contribution in [0.25, 0.3) is 0 Å². The van der Waals surface area contributed by atoms with Crippen LogP contribution in [0.15, 0.2) is 79.0 Å². The highest BCUT2D eigenvalue weighted by Crippen LogP contribution is 2.30. The van der Waals surface area contributed by atoms with Crippen LogP contribution < -0.4 is 0 Å². The van der Waals surface area contributed by atoms with E-state index in [1.165, 1.54) is 11.1 Å². The molecule has 0 atom stereocenters. The fraction of sp³-hybridized carbons (Fsp3) is 0.227. The summed E-state index contributed by atoms with van der Waals surface area (Å²) in [5.74, 6) is 0. The van der Waals surface area contributed by atoms with Gasteiger partial charge in [0.15, 0.2) is 0 Å². The van der Waals surface area contributed by atoms with Crippen LogP contribution in [0.3, 0.4) is 0 Å². The number of nitrogens with zero attached hydrogens (tertiary/aromatic N) is 2. The van der Waals surface area contributed by atoms with Crippen LogP contribution in [-0.4, -0.2) is 28.1 Å². The van der Waals surface area contributed by atoms with Crippen molar-refractivity contribution in [2.24, 2.45) is 0 Å². The van der Waals surface area contributed by atoms with E-state index in [-0.39, 0.29) is 12.6 Å². The van der Waals surface area contributed by atoms with Crippen molar-refractivity contribution >= 4 is 11.6 Å². The molecule has 3 aromatic rings. The molecule has 26 heavy (non-hydrogen) atoms. The molecule has 0 saturated carbocycles. The summed E-state index contributed by atoms with van der Waals surface area (Å²) >= 11 is 6.08. The summed E-state index contributed by atoms with van der Waals surface area (Å²) < 4.78 is 0. The van der Waals surface area contributed by atoms with Crippen LogP contribution in [-0.2, 0) is 6.54 Å². The Bertz CT molecular complexity index is 756. The SMILES string of the molecule is OCCCN(Cc1ccnc(Cl)c1)C(c1ccccc1)c1ccccc1. The first-order chi connectivity index (χ1) is 12.8. The molecule has 1 heterocycles. The normalized spacial score (nSPS) is 11.2. The highest BCUT2D eigenvalue weighted by molar-refractivity contribution is 6.29. The second kappa shape index (κ2) is 9.48. The van der Waals surface area contributed by atoms with E-state index in [0.29, 0.717) is 5.15 Å². The van der Waals surface area contributed by atoms with Crippen molar-refractivity contribution in [3.8, 4) is 0 Å². The minimum absolute atomic E-state index is 0.107. The fourth-order valence-corrected chi connectivity index (χ4v) is 3.43. The van der Waals surface area contributed by atoms with E-state index < -0.39 is 0 Å². The molecule has 0 aliphatic heterocycles. The maximum atomic E-state index is 9.39. The first-order valence-corrected chi connectivity index (χ1v) is 9.21. The van der Waals surface area contributed by atoms with Crippen molar-refractivity contribution in [1.29, 1.82) is 0 Å². The van der Waals surface area contributed by atoms with Gasteiger partial charge in [-0.1, -0.05) is 72.3 Å². The van der Waals surface area contributed by atoms with Gasteiger partial charge in [-0.2, -0.15) is 0 Å². The molecule has 0 spiro atoms. The summed E-state index contributed by atoms with van der Waals surface area (Å²) in [5.41, 5.74) is 3.58. The topological polar surface area (TPSA) is 36.4 Å². The maximum Gasteiger partial charge on any atom is 0.129 e. The summed E-state index contributed by atoms with van der Waals surface area (Å²) in [6.07, 6.45) is 2.46. The third kappa shape index (κ3) is 4.92. The Morgan fingerprint density at radius 3 is 2.08 bits per heavy atom. The summed E-state index contributed by atoms with van der Waals surface area (Å²) in [6, 6.07) is 25.0. The Kier molecular flexibility index (Phi) is 6.78. The Balaban J connectivity index is 1.98. The lowest BCUT2D eigenvalue weighted by molar-refractivity contribution is 0.187. The molecule has 0 radical (unpaired) electrons. The molecule has 0 aliphatic carbocycles. The molecule has 1 N–H and O–H groups in total. The molecule has 134 valence electrons. The first kappa shape index (κ1) is 18.6. The third-order valence-electron chi connectivity index (χ3n) is 4.38. The number of hydrogen-bond acceptors (Lipinski definition) is 3. The number of benzene rings is 2. The van der Waals surface area contributed by atoms with Gasteiger partial charge in [0.1, 0.15) is 5.15 Å². The van der Waals surface area contributed by atoms with Gasteiger partial charge >= 0.3 is 0 Å². The molecular formula is C22H23ClN2O. The standard InChI is InChI=1S/C22H23ClN2O/c23-21-16-18(12-13-24-21)17-25(14-7-15-26)22(19-8-3-1-4-9-19)20-10-5-2-6-11-20/h1-6,8-13,16,22,26H,7,14-15,17H2. The third-order valence-corrected chi connectivity index (χ3v) is 4.58. The van der Waals surface area contributed by atoms with Gasteiger partial charge < -0.3 is 5.11 Å². The number of aliphatic hydroxyl groups excluding tert-OH is 1. The molecule has 0 amide bonds. The number of hydrogen-bond donors (Lipinski definition) is 1. The zero-order valence-corrected chi connectivity index (χ0v) is 15.4. The predicted molar refractivity (Wildman–Crippen MR) is 106 cm³/mol. The van der Waals surface area contributed by atoms with Gasteiger partial charge in [0, 0.05) is 25.9 Å². The minimum atomic E-state index is 0.107. The van der Waals surface area contributed by atoms with Crippen LogP contribution in [0.5, 0.6) is 0 Å². The molecule has 4 heteroatoms. The van der Waals surface area contributed by atoms with Gasteiger partial charge in [0.2, 0.25) is 0 Å². The molecule has 1 aromatic heterocycles.